The van der Waals surface area contributed by atoms with E-state index in [1.165, 1.54) is 32.1 Å². The first-order valence-corrected chi connectivity index (χ1v) is 9.25. The van der Waals surface area contributed by atoms with Gasteiger partial charge in [-0.2, -0.15) is 0 Å². The number of fused-ring (bicyclic) bond motifs is 2. The van der Waals surface area contributed by atoms with Crippen molar-refractivity contribution in [2.75, 3.05) is 6.61 Å². The Morgan fingerprint density at radius 3 is 2.77 bits per heavy atom. The molecule has 1 aliphatic carbocycles. The van der Waals surface area contributed by atoms with Crippen molar-refractivity contribution in [3.8, 4) is 0 Å². The third kappa shape index (κ3) is 2.10. The predicted octanol–water partition coefficient (Wildman–Crippen LogP) is 4.04. The lowest BCUT2D eigenvalue weighted by Crippen LogP contribution is -2.69. The molecule has 0 aromatic rings. The van der Waals surface area contributed by atoms with Crippen LogP contribution >= 0.6 is 0 Å². The van der Waals surface area contributed by atoms with Gasteiger partial charge < -0.3 is 9.47 Å². The summed E-state index contributed by atoms with van der Waals surface area (Å²) in [6.45, 7) is 7.44. The normalized spacial score (nSPS) is 53.9. The first-order chi connectivity index (χ1) is 10.6. The zero-order valence-electron chi connectivity index (χ0n) is 14.2. The summed E-state index contributed by atoms with van der Waals surface area (Å²) in [6.07, 6.45) is 8.03. The summed E-state index contributed by atoms with van der Waals surface area (Å²) in [6, 6.07) is 0. The molecule has 0 radical (unpaired) electrons. The number of unbranched alkanes of at least 4 members (excludes halogenated alkanes) is 1. The molecule has 5 fully saturated rings. The van der Waals surface area contributed by atoms with E-state index in [-0.39, 0.29) is 11.9 Å². The van der Waals surface area contributed by atoms with E-state index >= 15 is 0 Å². The van der Waals surface area contributed by atoms with Gasteiger partial charge in [0.25, 0.3) is 0 Å². The number of rotatable bonds is 3. The van der Waals surface area contributed by atoms with Gasteiger partial charge in [0.15, 0.2) is 11.9 Å². The lowest BCUT2D eigenvalue weighted by atomic mass is 9.57. The van der Waals surface area contributed by atoms with Crippen LogP contribution in [0.3, 0.4) is 0 Å². The minimum Gasteiger partial charge on any atom is -0.349 e. The van der Waals surface area contributed by atoms with E-state index in [4.69, 9.17) is 19.2 Å². The highest BCUT2D eigenvalue weighted by Gasteiger charge is 2.68. The second-order valence-corrected chi connectivity index (χ2v) is 8.15. The molecule has 5 rings (SSSR count). The summed E-state index contributed by atoms with van der Waals surface area (Å²) < 4.78 is 12.5. The van der Waals surface area contributed by atoms with E-state index in [2.05, 4.69) is 13.8 Å². The molecule has 7 atom stereocenters. The fourth-order valence-corrected chi connectivity index (χ4v) is 5.47. The van der Waals surface area contributed by atoms with Gasteiger partial charge >= 0.3 is 0 Å². The van der Waals surface area contributed by atoms with Crippen LogP contribution in [0.25, 0.3) is 0 Å². The van der Waals surface area contributed by atoms with Gasteiger partial charge in [0.2, 0.25) is 5.79 Å². The number of hydrogen-bond acceptors (Lipinski definition) is 4. The molecule has 0 unspecified atom stereocenters. The Labute approximate surface area is 133 Å². The molecule has 1 spiro atoms. The minimum absolute atomic E-state index is 0.246. The fourth-order valence-electron chi connectivity index (χ4n) is 5.47. The van der Waals surface area contributed by atoms with Crippen LogP contribution in [-0.4, -0.2) is 24.3 Å². The predicted molar refractivity (Wildman–Crippen MR) is 81.8 cm³/mol. The summed E-state index contributed by atoms with van der Waals surface area (Å²) in [5.41, 5.74) is -0.371. The van der Waals surface area contributed by atoms with Crippen molar-refractivity contribution < 1.29 is 19.2 Å². The molecule has 126 valence electrons. The molecular weight excluding hydrogens is 280 g/mol. The third-order valence-corrected chi connectivity index (χ3v) is 6.73. The summed E-state index contributed by atoms with van der Waals surface area (Å²) in [5.74, 6) is 1.61. The average Bonchev–Trinajstić information content (AvgIpc) is 2.74. The fraction of sp³-hybridized carbons (Fsp3) is 1.00. The number of hydrogen-bond donors (Lipinski definition) is 0. The van der Waals surface area contributed by atoms with Crippen LogP contribution in [0.4, 0.5) is 0 Å². The molecule has 1 saturated carbocycles. The highest BCUT2D eigenvalue weighted by atomic mass is 17.3. The molecule has 0 aromatic carbocycles. The van der Waals surface area contributed by atoms with Gasteiger partial charge in [0.05, 0.1) is 6.61 Å². The van der Waals surface area contributed by atoms with Crippen molar-refractivity contribution in [1.82, 2.24) is 0 Å². The van der Waals surface area contributed by atoms with Crippen LogP contribution in [0.5, 0.6) is 0 Å². The monoisotopic (exact) mass is 310 g/mol. The molecule has 4 heterocycles. The quantitative estimate of drug-likeness (QED) is 0.737. The van der Waals surface area contributed by atoms with E-state index < -0.39 is 5.79 Å². The molecule has 4 aliphatic heterocycles. The lowest BCUT2D eigenvalue weighted by molar-refractivity contribution is -0.567. The van der Waals surface area contributed by atoms with Crippen LogP contribution in [-0.2, 0) is 19.2 Å². The molecule has 0 N–H and O–H groups in total. The highest BCUT2D eigenvalue weighted by Crippen LogP contribution is 2.60. The van der Waals surface area contributed by atoms with Crippen molar-refractivity contribution in [3.05, 3.63) is 0 Å². The highest BCUT2D eigenvalue weighted by molar-refractivity contribution is 5.08. The van der Waals surface area contributed by atoms with Gasteiger partial charge in [0.1, 0.15) is 0 Å². The molecule has 2 bridgehead atoms. The first kappa shape index (κ1) is 15.4. The second kappa shape index (κ2) is 5.44. The summed E-state index contributed by atoms with van der Waals surface area (Å²) in [4.78, 5) is 12.0. The molecule has 22 heavy (non-hydrogen) atoms. The largest absolute Gasteiger partial charge is 0.349 e. The Morgan fingerprint density at radius 1 is 1.09 bits per heavy atom. The third-order valence-electron chi connectivity index (χ3n) is 6.73. The van der Waals surface area contributed by atoms with E-state index in [0.29, 0.717) is 23.7 Å². The van der Waals surface area contributed by atoms with Crippen molar-refractivity contribution in [1.29, 1.82) is 0 Å². The van der Waals surface area contributed by atoms with Gasteiger partial charge in [-0.15, -0.1) is 0 Å². The molecule has 4 saturated heterocycles. The lowest BCUT2D eigenvalue weighted by Gasteiger charge is -2.59. The van der Waals surface area contributed by atoms with E-state index in [1.807, 2.05) is 6.92 Å². The Bertz CT molecular complexity index is 427. The Balaban J connectivity index is 1.69. The second-order valence-electron chi connectivity index (χ2n) is 8.15. The zero-order valence-corrected chi connectivity index (χ0v) is 14.2. The number of ether oxygens (including phenoxy) is 2. The van der Waals surface area contributed by atoms with E-state index in [1.54, 1.807) is 0 Å². The van der Waals surface area contributed by atoms with Crippen LogP contribution in [0.15, 0.2) is 0 Å². The van der Waals surface area contributed by atoms with Crippen LogP contribution < -0.4 is 0 Å². The zero-order chi connectivity index (χ0) is 15.4. The maximum Gasteiger partial charge on any atom is 0.201 e. The van der Waals surface area contributed by atoms with Crippen LogP contribution in [0.2, 0.25) is 0 Å². The molecule has 4 nitrogen and oxygen atoms in total. The van der Waals surface area contributed by atoms with Crippen molar-refractivity contribution in [2.45, 2.75) is 83.4 Å². The Morgan fingerprint density at radius 2 is 1.95 bits per heavy atom. The first-order valence-electron chi connectivity index (χ1n) is 9.25. The molecule has 0 amide bonds. The van der Waals surface area contributed by atoms with Gasteiger partial charge in [-0.3, -0.25) is 0 Å². The van der Waals surface area contributed by atoms with E-state index in [0.717, 1.165) is 19.4 Å². The van der Waals surface area contributed by atoms with Crippen molar-refractivity contribution in [2.24, 2.45) is 23.7 Å². The molecule has 4 heteroatoms. The topological polar surface area (TPSA) is 36.9 Å². The maximum absolute atomic E-state index is 6.26. The van der Waals surface area contributed by atoms with Crippen molar-refractivity contribution >= 4 is 0 Å². The summed E-state index contributed by atoms with van der Waals surface area (Å²) in [7, 11) is 0. The standard InChI is InChI=1S/C18H30O4/c1-4-5-6-13-11-19-16-18-14(12(2)7-8-15(13)18)9-10-17(3,20-16)21-22-18/h12-16H,4-11H2,1-3H3/t12-,13+,14+,15+,16-,17-,18-/m1/s1. The van der Waals surface area contributed by atoms with Crippen LogP contribution in [0, 0.1) is 23.7 Å². The summed E-state index contributed by atoms with van der Waals surface area (Å²) >= 11 is 0. The molecule has 5 aliphatic rings. The Kier molecular flexibility index (Phi) is 3.80. The Hall–Kier alpha value is -0.160. The van der Waals surface area contributed by atoms with Gasteiger partial charge in [0, 0.05) is 12.3 Å². The molecule has 0 aromatic heterocycles. The van der Waals surface area contributed by atoms with Gasteiger partial charge in [-0.1, -0.05) is 26.7 Å². The SMILES string of the molecule is CCCC[C@H]1CO[C@@H]2O[C@@]3(C)CC[C@H]4[C@H](C)CC[C@@H]1[C@@]24OO3. The van der Waals surface area contributed by atoms with Crippen molar-refractivity contribution in [3.63, 3.8) is 0 Å². The van der Waals surface area contributed by atoms with Crippen LogP contribution in [0.1, 0.15) is 65.7 Å². The molecular formula is C18H30O4. The smallest absolute Gasteiger partial charge is 0.201 e. The van der Waals surface area contributed by atoms with Gasteiger partial charge in [-0.25, -0.2) is 9.78 Å². The average molecular weight is 310 g/mol. The summed E-state index contributed by atoms with van der Waals surface area (Å²) in [5, 5.41) is 0. The van der Waals surface area contributed by atoms with Gasteiger partial charge in [-0.05, 0) is 50.4 Å². The maximum atomic E-state index is 6.26. The minimum atomic E-state index is -0.631. The van der Waals surface area contributed by atoms with E-state index in [9.17, 15) is 0 Å².